The molecule has 0 fully saturated rings. The van der Waals surface area contributed by atoms with Crippen molar-refractivity contribution in [2.45, 2.75) is 12.3 Å². The summed E-state index contributed by atoms with van der Waals surface area (Å²) < 4.78 is 29.6. The van der Waals surface area contributed by atoms with E-state index in [9.17, 15) is 13.6 Å². The Morgan fingerprint density at radius 1 is 1.71 bits per heavy atom. The smallest absolute Gasteiger partial charge is 0.356 e. The highest BCUT2D eigenvalue weighted by Crippen LogP contribution is 2.24. The van der Waals surface area contributed by atoms with E-state index in [1.807, 2.05) is 0 Å². The summed E-state index contributed by atoms with van der Waals surface area (Å²) in [7, 11) is 1.10. The molecule has 0 amide bonds. The standard InChI is InChI=1S/C10H7ClF2N2O2/c1-17-10(16)8-5(3-11)2-6(4-14)7(15-8)9(12)13/h2,9H,3H2,1H3. The van der Waals surface area contributed by atoms with E-state index in [4.69, 9.17) is 16.9 Å². The molecule has 0 saturated carbocycles. The summed E-state index contributed by atoms with van der Waals surface area (Å²) in [5, 5.41) is 8.69. The largest absolute Gasteiger partial charge is 0.464 e. The number of nitriles is 1. The number of rotatable bonds is 3. The van der Waals surface area contributed by atoms with Crippen LogP contribution in [0.3, 0.4) is 0 Å². The molecular formula is C10H7ClF2N2O2. The molecule has 0 radical (unpaired) electrons. The number of methoxy groups -OCH3 is 1. The third-order valence-electron chi connectivity index (χ3n) is 1.98. The van der Waals surface area contributed by atoms with E-state index >= 15 is 0 Å². The lowest BCUT2D eigenvalue weighted by Gasteiger charge is -2.08. The lowest BCUT2D eigenvalue weighted by Crippen LogP contribution is -2.11. The number of halogens is 3. The maximum atomic E-state index is 12.6. The van der Waals surface area contributed by atoms with Gasteiger partial charge >= 0.3 is 5.97 Å². The van der Waals surface area contributed by atoms with Gasteiger partial charge in [0.05, 0.1) is 12.7 Å². The topological polar surface area (TPSA) is 63.0 Å². The molecule has 0 aliphatic carbocycles. The number of carbonyl (C=O) groups is 1. The van der Waals surface area contributed by atoms with Crippen molar-refractivity contribution in [1.82, 2.24) is 4.98 Å². The molecule has 0 aliphatic heterocycles. The summed E-state index contributed by atoms with van der Waals surface area (Å²) in [5.41, 5.74) is -1.17. The number of aromatic nitrogens is 1. The minimum atomic E-state index is -2.95. The van der Waals surface area contributed by atoms with Crippen LogP contribution in [-0.2, 0) is 10.6 Å². The summed E-state index contributed by atoms with van der Waals surface area (Å²) in [4.78, 5) is 14.7. The number of hydrogen-bond acceptors (Lipinski definition) is 4. The highest BCUT2D eigenvalue weighted by Gasteiger charge is 2.22. The Bertz CT molecular complexity index is 486. The van der Waals surface area contributed by atoms with E-state index in [1.54, 1.807) is 6.07 Å². The Morgan fingerprint density at radius 3 is 2.76 bits per heavy atom. The minimum absolute atomic E-state index is 0.129. The van der Waals surface area contributed by atoms with Gasteiger partial charge in [-0.2, -0.15) is 5.26 Å². The zero-order valence-corrected chi connectivity index (χ0v) is 9.46. The van der Waals surface area contributed by atoms with Crippen molar-refractivity contribution in [3.05, 3.63) is 28.6 Å². The average molecular weight is 261 g/mol. The molecule has 4 nitrogen and oxygen atoms in total. The Morgan fingerprint density at radius 2 is 2.35 bits per heavy atom. The van der Waals surface area contributed by atoms with Crippen LogP contribution in [0.2, 0.25) is 0 Å². The second-order valence-corrected chi connectivity index (χ2v) is 3.23. The molecule has 0 N–H and O–H groups in total. The van der Waals surface area contributed by atoms with Gasteiger partial charge in [-0.15, -0.1) is 11.6 Å². The van der Waals surface area contributed by atoms with E-state index in [0.29, 0.717) is 0 Å². The van der Waals surface area contributed by atoms with Crippen LogP contribution in [0.15, 0.2) is 6.07 Å². The number of pyridine rings is 1. The molecule has 7 heteroatoms. The fourth-order valence-corrected chi connectivity index (χ4v) is 1.40. The van der Waals surface area contributed by atoms with Crippen molar-refractivity contribution in [2.24, 2.45) is 0 Å². The molecule has 0 atom stereocenters. The molecule has 1 aromatic rings. The summed E-state index contributed by atoms with van der Waals surface area (Å²) in [6.07, 6.45) is -2.95. The number of carbonyl (C=O) groups excluding carboxylic acids is 1. The van der Waals surface area contributed by atoms with Gasteiger partial charge in [0.2, 0.25) is 0 Å². The van der Waals surface area contributed by atoms with Crippen LogP contribution >= 0.6 is 11.6 Å². The molecule has 0 bridgehead atoms. The quantitative estimate of drug-likeness (QED) is 0.618. The van der Waals surface area contributed by atoms with Gasteiger partial charge in [0, 0.05) is 11.4 Å². The molecule has 0 saturated heterocycles. The van der Waals surface area contributed by atoms with Crippen LogP contribution in [0.25, 0.3) is 0 Å². The van der Waals surface area contributed by atoms with Gasteiger partial charge < -0.3 is 4.74 Å². The van der Waals surface area contributed by atoms with Gasteiger partial charge in [-0.25, -0.2) is 18.6 Å². The first-order valence-electron chi connectivity index (χ1n) is 4.41. The highest BCUT2D eigenvalue weighted by atomic mass is 35.5. The van der Waals surface area contributed by atoms with Gasteiger partial charge in [-0.1, -0.05) is 0 Å². The van der Waals surface area contributed by atoms with Gasteiger partial charge in [-0.05, 0) is 6.07 Å². The van der Waals surface area contributed by atoms with Crippen molar-refractivity contribution in [3.63, 3.8) is 0 Å². The second kappa shape index (κ2) is 5.55. The zero-order chi connectivity index (χ0) is 13.0. The van der Waals surface area contributed by atoms with Crippen LogP contribution in [0, 0.1) is 11.3 Å². The minimum Gasteiger partial charge on any atom is -0.464 e. The third kappa shape index (κ3) is 2.68. The molecule has 0 unspecified atom stereocenters. The molecule has 1 rings (SSSR count). The number of hydrogen-bond donors (Lipinski definition) is 0. The number of nitrogens with zero attached hydrogens (tertiary/aromatic N) is 2. The first kappa shape index (κ1) is 13.3. The fourth-order valence-electron chi connectivity index (χ4n) is 1.20. The van der Waals surface area contributed by atoms with Gasteiger partial charge in [0.15, 0.2) is 5.69 Å². The number of alkyl halides is 3. The van der Waals surface area contributed by atoms with Gasteiger partial charge in [0.1, 0.15) is 11.8 Å². The molecule has 1 heterocycles. The molecular weight excluding hydrogens is 254 g/mol. The third-order valence-corrected chi connectivity index (χ3v) is 2.27. The Kier molecular flexibility index (Phi) is 4.35. The van der Waals surface area contributed by atoms with Crippen molar-refractivity contribution in [1.29, 1.82) is 5.26 Å². The first-order valence-corrected chi connectivity index (χ1v) is 4.95. The van der Waals surface area contributed by atoms with Gasteiger partial charge in [-0.3, -0.25) is 0 Å². The fraction of sp³-hybridized carbons (Fsp3) is 0.300. The predicted molar refractivity (Wildman–Crippen MR) is 54.8 cm³/mol. The lowest BCUT2D eigenvalue weighted by atomic mass is 10.1. The number of esters is 1. The lowest BCUT2D eigenvalue weighted by molar-refractivity contribution is 0.0591. The van der Waals surface area contributed by atoms with E-state index in [2.05, 4.69) is 9.72 Å². The zero-order valence-electron chi connectivity index (χ0n) is 8.71. The average Bonchev–Trinajstić information content (AvgIpc) is 2.35. The summed E-state index contributed by atoms with van der Waals surface area (Å²) in [6.45, 7) is 0. The Hall–Kier alpha value is -1.74. The predicted octanol–water partition coefficient (Wildman–Crippen LogP) is 2.42. The Labute approximate surface area is 101 Å². The SMILES string of the molecule is COC(=O)c1nc(C(F)F)c(C#N)cc1CCl. The maximum Gasteiger partial charge on any atom is 0.356 e. The van der Waals surface area contributed by atoms with Crippen LogP contribution < -0.4 is 0 Å². The Balaban J connectivity index is 3.45. The van der Waals surface area contributed by atoms with Crippen molar-refractivity contribution >= 4 is 17.6 Å². The molecule has 0 spiro atoms. The van der Waals surface area contributed by atoms with E-state index < -0.39 is 18.1 Å². The maximum absolute atomic E-state index is 12.6. The first-order chi connectivity index (χ1) is 8.04. The van der Waals surface area contributed by atoms with Gasteiger partial charge in [0.25, 0.3) is 6.43 Å². The van der Waals surface area contributed by atoms with E-state index in [0.717, 1.165) is 13.2 Å². The van der Waals surface area contributed by atoms with E-state index in [-0.39, 0.29) is 22.7 Å². The highest BCUT2D eigenvalue weighted by molar-refractivity contribution is 6.17. The van der Waals surface area contributed by atoms with Crippen molar-refractivity contribution in [3.8, 4) is 6.07 Å². The molecule has 90 valence electrons. The second-order valence-electron chi connectivity index (χ2n) is 2.97. The number of ether oxygens (including phenoxy) is 1. The van der Waals surface area contributed by atoms with Crippen molar-refractivity contribution < 1.29 is 18.3 Å². The summed E-state index contributed by atoms with van der Waals surface area (Å²) in [6, 6.07) is 2.70. The van der Waals surface area contributed by atoms with Crippen LogP contribution in [0.4, 0.5) is 8.78 Å². The molecule has 0 aromatic carbocycles. The molecule has 1 aromatic heterocycles. The van der Waals surface area contributed by atoms with Crippen LogP contribution in [-0.4, -0.2) is 18.1 Å². The summed E-state index contributed by atoms with van der Waals surface area (Å²) >= 11 is 5.55. The molecule has 17 heavy (non-hydrogen) atoms. The molecule has 0 aliphatic rings. The monoisotopic (exact) mass is 260 g/mol. The summed E-state index contributed by atoms with van der Waals surface area (Å²) in [5.74, 6) is -0.998. The normalized spacial score (nSPS) is 10.1. The van der Waals surface area contributed by atoms with E-state index in [1.165, 1.54) is 0 Å². The van der Waals surface area contributed by atoms with Crippen LogP contribution in [0.1, 0.15) is 33.7 Å². The van der Waals surface area contributed by atoms with Crippen LogP contribution in [0.5, 0.6) is 0 Å². The van der Waals surface area contributed by atoms with Crippen molar-refractivity contribution in [2.75, 3.05) is 7.11 Å².